The third kappa shape index (κ3) is 31.1. The summed E-state index contributed by atoms with van der Waals surface area (Å²) >= 11 is 0. The second-order valence-corrected chi connectivity index (χ2v) is 8.25. The molecule has 0 aliphatic rings. The molecule has 4 N–H and O–H groups in total. The van der Waals surface area contributed by atoms with Crippen molar-refractivity contribution < 1.29 is 25.2 Å². The Morgan fingerprint density at radius 1 is 0.710 bits per heavy atom. The molecule has 0 aromatic carbocycles. The van der Waals surface area contributed by atoms with Crippen molar-refractivity contribution in [2.24, 2.45) is 5.92 Å². The van der Waals surface area contributed by atoms with Gasteiger partial charge in [0.15, 0.2) is 0 Å². The lowest BCUT2D eigenvalue weighted by Crippen LogP contribution is -2.11. The average Bonchev–Trinajstić information content (AvgIpc) is 2.77. The Balaban J connectivity index is 0. The van der Waals surface area contributed by atoms with Crippen LogP contribution in [0.15, 0.2) is 24.3 Å². The summed E-state index contributed by atoms with van der Waals surface area (Å²) < 4.78 is 0. The summed E-state index contributed by atoms with van der Waals surface area (Å²) in [5, 5.41) is 33.8. The molecule has 31 heavy (non-hydrogen) atoms. The van der Waals surface area contributed by atoms with Crippen LogP contribution >= 0.6 is 0 Å². The SMILES string of the molecule is CCCCCCCCCCCCCCCC=CC=CC(=O)O.OCCCC(CO)CO. The molecule has 0 heterocycles. The van der Waals surface area contributed by atoms with Crippen LogP contribution in [-0.2, 0) is 4.79 Å². The lowest BCUT2D eigenvalue weighted by Gasteiger charge is -2.07. The largest absolute Gasteiger partial charge is 0.478 e. The van der Waals surface area contributed by atoms with Gasteiger partial charge in [0.05, 0.1) is 0 Å². The molecular formula is C26H50O5. The quantitative estimate of drug-likeness (QED) is 0.0989. The normalized spacial score (nSPS) is 11.4. The van der Waals surface area contributed by atoms with Gasteiger partial charge in [0.2, 0.25) is 0 Å². The predicted octanol–water partition coefficient (Wildman–Crippen LogP) is 6.02. The fraction of sp³-hybridized carbons (Fsp3) is 0.808. The van der Waals surface area contributed by atoms with Gasteiger partial charge in [-0.1, -0.05) is 102 Å². The first-order valence-electron chi connectivity index (χ1n) is 12.5. The van der Waals surface area contributed by atoms with Crippen LogP contribution in [0.3, 0.4) is 0 Å². The Hall–Kier alpha value is -1.17. The second kappa shape index (κ2) is 28.8. The summed E-state index contributed by atoms with van der Waals surface area (Å²) in [6.07, 6.45) is 27.0. The van der Waals surface area contributed by atoms with E-state index in [9.17, 15) is 4.79 Å². The van der Waals surface area contributed by atoms with E-state index in [1.165, 1.54) is 89.5 Å². The third-order valence-corrected chi connectivity index (χ3v) is 5.25. The molecule has 0 saturated heterocycles. The van der Waals surface area contributed by atoms with E-state index in [0.29, 0.717) is 12.8 Å². The third-order valence-electron chi connectivity index (χ3n) is 5.25. The summed E-state index contributed by atoms with van der Waals surface area (Å²) in [4.78, 5) is 10.2. The van der Waals surface area contributed by atoms with Gasteiger partial charge in [-0.2, -0.15) is 0 Å². The second-order valence-electron chi connectivity index (χ2n) is 8.25. The molecule has 184 valence electrons. The number of carboxylic acid groups (broad SMARTS) is 1. The highest BCUT2D eigenvalue weighted by molar-refractivity contribution is 5.80. The van der Waals surface area contributed by atoms with E-state index in [2.05, 4.69) is 13.0 Å². The fourth-order valence-electron chi connectivity index (χ4n) is 3.21. The van der Waals surface area contributed by atoms with Crippen molar-refractivity contribution in [3.8, 4) is 0 Å². The number of aliphatic carboxylic acids is 1. The summed E-state index contributed by atoms with van der Waals surface area (Å²) in [7, 11) is 0. The summed E-state index contributed by atoms with van der Waals surface area (Å²) in [6, 6.07) is 0. The molecule has 0 amide bonds. The van der Waals surface area contributed by atoms with Crippen LogP contribution in [0.4, 0.5) is 0 Å². The zero-order valence-corrected chi connectivity index (χ0v) is 20.0. The molecule has 0 rings (SSSR count). The number of allylic oxidation sites excluding steroid dienone is 3. The van der Waals surface area contributed by atoms with Gasteiger partial charge in [-0.3, -0.25) is 0 Å². The monoisotopic (exact) mass is 442 g/mol. The lowest BCUT2D eigenvalue weighted by molar-refractivity contribution is -0.131. The average molecular weight is 443 g/mol. The van der Waals surface area contributed by atoms with Crippen molar-refractivity contribution in [1.29, 1.82) is 0 Å². The van der Waals surface area contributed by atoms with Crippen molar-refractivity contribution in [3.63, 3.8) is 0 Å². The molecule has 0 radical (unpaired) electrons. The molecule has 0 unspecified atom stereocenters. The highest BCUT2D eigenvalue weighted by atomic mass is 16.4. The summed E-state index contributed by atoms with van der Waals surface area (Å²) in [5.41, 5.74) is 0. The van der Waals surface area contributed by atoms with Gasteiger partial charge in [-0.25, -0.2) is 4.79 Å². The first kappa shape index (κ1) is 32.0. The molecule has 0 aliphatic carbocycles. The molecule has 0 saturated carbocycles. The number of hydrogen-bond donors (Lipinski definition) is 4. The van der Waals surface area contributed by atoms with Crippen LogP contribution in [-0.4, -0.2) is 46.2 Å². The molecule has 0 atom stereocenters. The first-order valence-corrected chi connectivity index (χ1v) is 12.5. The molecular weight excluding hydrogens is 392 g/mol. The van der Waals surface area contributed by atoms with Gasteiger partial charge >= 0.3 is 5.97 Å². The van der Waals surface area contributed by atoms with E-state index in [1.807, 2.05) is 6.08 Å². The summed E-state index contributed by atoms with van der Waals surface area (Å²) in [6.45, 7) is 2.43. The van der Waals surface area contributed by atoms with Crippen LogP contribution in [0.5, 0.6) is 0 Å². The lowest BCUT2D eigenvalue weighted by atomic mass is 10.0. The Morgan fingerprint density at radius 2 is 1.19 bits per heavy atom. The number of aliphatic hydroxyl groups excluding tert-OH is 3. The van der Waals surface area contributed by atoms with Crippen LogP contribution in [0.1, 0.15) is 110 Å². The van der Waals surface area contributed by atoms with Crippen LogP contribution < -0.4 is 0 Å². The van der Waals surface area contributed by atoms with Gasteiger partial charge in [0, 0.05) is 31.8 Å². The van der Waals surface area contributed by atoms with Gasteiger partial charge in [0.25, 0.3) is 0 Å². The van der Waals surface area contributed by atoms with Gasteiger partial charge < -0.3 is 20.4 Å². The van der Waals surface area contributed by atoms with E-state index in [4.69, 9.17) is 20.4 Å². The Bertz CT molecular complexity index is 403. The molecule has 0 fully saturated rings. The standard InChI is InChI=1S/C20H36O2.C6H14O3/c1-2-3-4-5-6-7-8-9-10-11-12-13-14-15-16-17-18-19-20(21)22;7-3-1-2-6(4-8)5-9/h16-19H,2-15H2,1H3,(H,21,22);6-9H,1-5H2. The minimum absolute atomic E-state index is 0.0104. The highest BCUT2D eigenvalue weighted by Gasteiger charge is 2.03. The first-order chi connectivity index (χ1) is 15.1. The van der Waals surface area contributed by atoms with Gasteiger partial charge in [-0.15, -0.1) is 0 Å². The minimum Gasteiger partial charge on any atom is -0.478 e. The number of hydrogen-bond acceptors (Lipinski definition) is 4. The van der Waals surface area contributed by atoms with E-state index in [-0.39, 0.29) is 25.7 Å². The van der Waals surface area contributed by atoms with E-state index in [0.717, 1.165) is 6.42 Å². The summed E-state index contributed by atoms with van der Waals surface area (Å²) in [5.74, 6) is -0.928. The zero-order valence-electron chi connectivity index (χ0n) is 20.0. The maximum absolute atomic E-state index is 10.2. The van der Waals surface area contributed by atoms with Gasteiger partial charge in [0.1, 0.15) is 0 Å². The topological polar surface area (TPSA) is 98.0 Å². The zero-order chi connectivity index (χ0) is 23.4. The number of carboxylic acids is 1. The smallest absolute Gasteiger partial charge is 0.328 e. The van der Waals surface area contributed by atoms with Crippen LogP contribution in [0.2, 0.25) is 0 Å². The number of aliphatic hydroxyl groups is 3. The Kier molecular flexibility index (Phi) is 29.8. The predicted molar refractivity (Wildman–Crippen MR) is 130 cm³/mol. The van der Waals surface area contributed by atoms with E-state index < -0.39 is 5.97 Å². The van der Waals surface area contributed by atoms with Crippen molar-refractivity contribution in [2.45, 2.75) is 110 Å². The molecule has 0 bridgehead atoms. The van der Waals surface area contributed by atoms with E-state index >= 15 is 0 Å². The number of carbonyl (C=O) groups is 1. The Labute approximate surface area is 191 Å². The number of unbranched alkanes of at least 4 members (excludes halogenated alkanes) is 13. The molecule has 0 aromatic rings. The maximum atomic E-state index is 10.2. The number of rotatable bonds is 21. The molecule has 5 nitrogen and oxygen atoms in total. The van der Waals surface area contributed by atoms with Crippen molar-refractivity contribution >= 4 is 5.97 Å². The molecule has 0 aromatic heterocycles. The molecule has 0 aliphatic heterocycles. The highest BCUT2D eigenvalue weighted by Crippen LogP contribution is 2.13. The van der Waals surface area contributed by atoms with Crippen molar-refractivity contribution in [3.05, 3.63) is 24.3 Å². The Morgan fingerprint density at radius 3 is 1.61 bits per heavy atom. The maximum Gasteiger partial charge on any atom is 0.328 e. The fourth-order valence-corrected chi connectivity index (χ4v) is 3.21. The van der Waals surface area contributed by atoms with E-state index in [1.54, 1.807) is 6.08 Å². The van der Waals surface area contributed by atoms with Crippen molar-refractivity contribution in [2.75, 3.05) is 19.8 Å². The minimum atomic E-state index is -0.884. The van der Waals surface area contributed by atoms with Crippen molar-refractivity contribution in [1.82, 2.24) is 0 Å². The van der Waals surface area contributed by atoms with Crippen LogP contribution in [0.25, 0.3) is 0 Å². The van der Waals surface area contributed by atoms with Crippen LogP contribution in [0, 0.1) is 5.92 Å². The molecule has 5 heteroatoms. The molecule has 0 spiro atoms. The van der Waals surface area contributed by atoms with Gasteiger partial charge in [-0.05, 0) is 25.7 Å².